The molecule has 0 aromatic heterocycles. The lowest BCUT2D eigenvalue weighted by atomic mass is 10.2. The number of carbonyl (C=O) groups is 2. The third-order valence-electron chi connectivity index (χ3n) is 3.21. The van der Waals surface area contributed by atoms with Crippen LogP contribution in [0.15, 0.2) is 18.2 Å². The molecule has 0 saturated heterocycles. The zero-order valence-electron chi connectivity index (χ0n) is 12.4. The summed E-state index contributed by atoms with van der Waals surface area (Å²) < 4.78 is 5.16. The minimum atomic E-state index is -0.192. The average Bonchev–Trinajstić information content (AvgIpc) is 3.22. The van der Waals surface area contributed by atoms with E-state index in [0.29, 0.717) is 17.1 Å². The molecule has 0 atom stereocenters. The van der Waals surface area contributed by atoms with Crippen LogP contribution in [0.5, 0.6) is 5.75 Å². The molecule has 1 saturated carbocycles. The van der Waals surface area contributed by atoms with Gasteiger partial charge in [-0.05, 0) is 43.5 Å². The first-order chi connectivity index (χ1) is 10.1. The van der Waals surface area contributed by atoms with Crippen molar-refractivity contribution in [3.05, 3.63) is 18.2 Å². The quantitative estimate of drug-likeness (QED) is 0.713. The SMILES string of the molecule is COc1ccc(NC(=O)CNCC2CC2)cc1NC(C)=O. The summed E-state index contributed by atoms with van der Waals surface area (Å²) in [7, 11) is 1.53. The normalized spacial score (nSPS) is 13.6. The molecule has 1 aliphatic rings. The summed E-state index contributed by atoms with van der Waals surface area (Å²) in [4.78, 5) is 23.0. The van der Waals surface area contributed by atoms with E-state index in [9.17, 15) is 9.59 Å². The Bertz CT molecular complexity index is 527. The molecule has 1 aromatic carbocycles. The maximum atomic E-state index is 11.8. The van der Waals surface area contributed by atoms with Crippen LogP contribution in [0, 0.1) is 5.92 Å². The second-order valence-corrected chi connectivity index (χ2v) is 5.22. The number of rotatable bonds is 7. The highest BCUT2D eigenvalue weighted by Gasteiger charge is 2.20. The molecule has 2 amide bonds. The minimum Gasteiger partial charge on any atom is -0.495 e. The number of amides is 2. The highest BCUT2D eigenvalue weighted by atomic mass is 16.5. The summed E-state index contributed by atoms with van der Waals surface area (Å²) in [6.07, 6.45) is 2.51. The van der Waals surface area contributed by atoms with Crippen LogP contribution in [0.4, 0.5) is 11.4 Å². The number of nitrogens with one attached hydrogen (secondary N) is 3. The van der Waals surface area contributed by atoms with E-state index in [1.54, 1.807) is 18.2 Å². The van der Waals surface area contributed by atoms with Gasteiger partial charge in [0.05, 0.1) is 19.3 Å². The van der Waals surface area contributed by atoms with Crippen molar-refractivity contribution in [3.63, 3.8) is 0 Å². The molecule has 21 heavy (non-hydrogen) atoms. The van der Waals surface area contributed by atoms with Crippen molar-refractivity contribution in [2.75, 3.05) is 30.8 Å². The molecule has 0 unspecified atom stereocenters. The maximum Gasteiger partial charge on any atom is 0.238 e. The van der Waals surface area contributed by atoms with Gasteiger partial charge >= 0.3 is 0 Å². The molecule has 0 spiro atoms. The molecule has 114 valence electrons. The molecule has 0 aliphatic heterocycles. The number of methoxy groups -OCH3 is 1. The van der Waals surface area contributed by atoms with Gasteiger partial charge in [-0.15, -0.1) is 0 Å². The Morgan fingerprint density at radius 2 is 2.05 bits per heavy atom. The zero-order valence-corrected chi connectivity index (χ0v) is 12.4. The van der Waals surface area contributed by atoms with E-state index in [-0.39, 0.29) is 18.4 Å². The maximum absolute atomic E-state index is 11.8. The summed E-state index contributed by atoms with van der Waals surface area (Å²) >= 11 is 0. The average molecular weight is 291 g/mol. The first-order valence-electron chi connectivity index (χ1n) is 7.04. The van der Waals surface area contributed by atoms with E-state index in [4.69, 9.17) is 4.74 Å². The van der Waals surface area contributed by atoms with Gasteiger partial charge in [0.1, 0.15) is 5.75 Å². The van der Waals surface area contributed by atoms with Crippen molar-refractivity contribution < 1.29 is 14.3 Å². The molecule has 1 aliphatic carbocycles. The second kappa shape index (κ2) is 7.08. The van der Waals surface area contributed by atoms with Crippen LogP contribution < -0.4 is 20.7 Å². The van der Waals surface area contributed by atoms with E-state index in [0.717, 1.165) is 12.5 Å². The van der Waals surface area contributed by atoms with Crippen molar-refractivity contribution in [3.8, 4) is 5.75 Å². The van der Waals surface area contributed by atoms with Gasteiger partial charge in [-0.25, -0.2) is 0 Å². The standard InChI is InChI=1S/C15H21N3O3/c1-10(19)17-13-7-12(5-6-14(13)21-2)18-15(20)9-16-8-11-3-4-11/h5-7,11,16H,3-4,8-9H2,1-2H3,(H,17,19)(H,18,20). The molecule has 0 heterocycles. The molecule has 3 N–H and O–H groups in total. The Balaban J connectivity index is 1.91. The Morgan fingerprint density at radius 1 is 1.29 bits per heavy atom. The molecule has 0 radical (unpaired) electrons. The van der Waals surface area contributed by atoms with Crippen molar-refractivity contribution >= 4 is 23.2 Å². The van der Waals surface area contributed by atoms with E-state index < -0.39 is 0 Å². The molecular formula is C15H21N3O3. The highest BCUT2D eigenvalue weighted by Crippen LogP contribution is 2.28. The molecular weight excluding hydrogens is 270 g/mol. The van der Waals surface area contributed by atoms with Gasteiger partial charge in [0.25, 0.3) is 0 Å². The second-order valence-electron chi connectivity index (χ2n) is 5.22. The Labute approximate surface area is 124 Å². The van der Waals surface area contributed by atoms with Crippen LogP contribution in [0.3, 0.4) is 0 Å². The number of ether oxygens (including phenoxy) is 1. The minimum absolute atomic E-state index is 0.102. The van der Waals surface area contributed by atoms with Crippen molar-refractivity contribution in [1.29, 1.82) is 0 Å². The number of benzene rings is 1. The Kier molecular flexibility index (Phi) is 5.16. The highest BCUT2D eigenvalue weighted by molar-refractivity contribution is 5.95. The van der Waals surface area contributed by atoms with Gasteiger partial charge in [0.15, 0.2) is 0 Å². The number of carbonyl (C=O) groups excluding carboxylic acids is 2. The van der Waals surface area contributed by atoms with Gasteiger partial charge in [-0.3, -0.25) is 9.59 Å². The van der Waals surface area contributed by atoms with Crippen LogP contribution in [0.25, 0.3) is 0 Å². The molecule has 6 nitrogen and oxygen atoms in total. The fourth-order valence-electron chi connectivity index (χ4n) is 1.99. The summed E-state index contributed by atoms with van der Waals surface area (Å²) in [5.41, 5.74) is 1.16. The van der Waals surface area contributed by atoms with Gasteiger partial charge in [-0.1, -0.05) is 0 Å². The number of hydrogen-bond donors (Lipinski definition) is 3. The Morgan fingerprint density at radius 3 is 2.67 bits per heavy atom. The van der Waals surface area contributed by atoms with Gasteiger partial charge in [-0.2, -0.15) is 0 Å². The van der Waals surface area contributed by atoms with Crippen LogP contribution in [-0.2, 0) is 9.59 Å². The lowest BCUT2D eigenvalue weighted by Crippen LogP contribution is -2.29. The number of anilines is 2. The predicted octanol–water partition coefficient (Wildman–Crippen LogP) is 1.59. The van der Waals surface area contributed by atoms with Crippen molar-refractivity contribution in [1.82, 2.24) is 5.32 Å². The summed E-state index contributed by atoms with van der Waals surface area (Å²) in [5, 5.41) is 8.60. The predicted molar refractivity (Wildman–Crippen MR) is 81.5 cm³/mol. The molecule has 2 rings (SSSR count). The van der Waals surface area contributed by atoms with Gasteiger partial charge < -0.3 is 20.7 Å². The third-order valence-corrected chi connectivity index (χ3v) is 3.21. The van der Waals surface area contributed by atoms with Gasteiger partial charge in [0.2, 0.25) is 11.8 Å². The summed E-state index contributed by atoms with van der Waals surface area (Å²) in [5.74, 6) is 0.998. The Hall–Kier alpha value is -2.08. The lowest BCUT2D eigenvalue weighted by molar-refractivity contribution is -0.115. The van der Waals surface area contributed by atoms with Crippen LogP contribution in [0.1, 0.15) is 19.8 Å². The fraction of sp³-hybridized carbons (Fsp3) is 0.467. The smallest absolute Gasteiger partial charge is 0.238 e. The first kappa shape index (κ1) is 15.3. The van der Waals surface area contributed by atoms with E-state index >= 15 is 0 Å². The van der Waals surface area contributed by atoms with Gasteiger partial charge in [0, 0.05) is 12.6 Å². The zero-order chi connectivity index (χ0) is 15.2. The summed E-state index contributed by atoms with van der Waals surface area (Å²) in [6.45, 7) is 2.61. The molecule has 1 aromatic rings. The topological polar surface area (TPSA) is 79.5 Å². The number of hydrogen-bond acceptors (Lipinski definition) is 4. The van der Waals surface area contributed by atoms with Crippen LogP contribution in [0.2, 0.25) is 0 Å². The first-order valence-corrected chi connectivity index (χ1v) is 7.04. The lowest BCUT2D eigenvalue weighted by Gasteiger charge is -2.12. The fourth-order valence-corrected chi connectivity index (χ4v) is 1.99. The van der Waals surface area contributed by atoms with E-state index in [1.165, 1.54) is 26.9 Å². The largest absolute Gasteiger partial charge is 0.495 e. The van der Waals surface area contributed by atoms with Crippen molar-refractivity contribution in [2.45, 2.75) is 19.8 Å². The van der Waals surface area contributed by atoms with E-state index in [2.05, 4.69) is 16.0 Å². The monoisotopic (exact) mass is 291 g/mol. The van der Waals surface area contributed by atoms with Crippen LogP contribution in [-0.4, -0.2) is 32.0 Å². The van der Waals surface area contributed by atoms with E-state index in [1.807, 2.05) is 0 Å². The molecule has 0 bridgehead atoms. The van der Waals surface area contributed by atoms with Crippen LogP contribution >= 0.6 is 0 Å². The third kappa shape index (κ3) is 5.07. The molecule has 6 heteroatoms. The molecule has 1 fully saturated rings. The van der Waals surface area contributed by atoms with Crippen molar-refractivity contribution in [2.24, 2.45) is 5.92 Å². The summed E-state index contributed by atoms with van der Waals surface area (Å²) in [6, 6.07) is 5.13.